The highest BCUT2D eigenvalue weighted by molar-refractivity contribution is 6.35. The molecule has 0 saturated carbocycles. The van der Waals surface area contributed by atoms with Crippen molar-refractivity contribution in [2.45, 2.75) is 6.42 Å². The van der Waals surface area contributed by atoms with Gasteiger partial charge in [0, 0.05) is 53.2 Å². The molecule has 1 heterocycles. The van der Waals surface area contributed by atoms with Gasteiger partial charge in [-0.3, -0.25) is 20.2 Å². The average molecular weight is 479 g/mol. The van der Waals surface area contributed by atoms with Crippen LogP contribution in [0.4, 0.5) is 17.1 Å². The highest BCUT2D eigenvalue weighted by atomic mass is 35.5. The SMILES string of the molecule is O=[N+]([O-])c1ccc(Cl)c2ccccc12.O=[N+]([O-])c1ccc(N2CCCNCC2)c2ccccc12. The molecule has 0 radical (unpaired) electrons. The number of hydrogen-bond acceptors (Lipinski definition) is 6. The number of halogens is 1. The lowest BCUT2D eigenvalue weighted by Crippen LogP contribution is -2.27. The predicted octanol–water partition coefficient (Wildman–Crippen LogP) is 5.95. The zero-order valence-electron chi connectivity index (χ0n) is 18.3. The van der Waals surface area contributed by atoms with Gasteiger partial charge in [0.15, 0.2) is 0 Å². The zero-order valence-corrected chi connectivity index (χ0v) is 19.1. The molecule has 1 saturated heterocycles. The van der Waals surface area contributed by atoms with Crippen LogP contribution in [0.1, 0.15) is 6.42 Å². The van der Waals surface area contributed by atoms with Gasteiger partial charge in [0.05, 0.1) is 20.6 Å². The minimum absolute atomic E-state index is 0.0880. The Kier molecular flexibility index (Phi) is 7.20. The van der Waals surface area contributed by atoms with Crippen molar-refractivity contribution in [2.24, 2.45) is 0 Å². The fraction of sp³-hybridized carbons (Fsp3) is 0.200. The van der Waals surface area contributed by atoms with E-state index >= 15 is 0 Å². The maximum atomic E-state index is 11.1. The summed E-state index contributed by atoms with van der Waals surface area (Å²) in [6.45, 7) is 3.89. The van der Waals surface area contributed by atoms with E-state index in [9.17, 15) is 20.2 Å². The maximum absolute atomic E-state index is 11.1. The van der Waals surface area contributed by atoms with Gasteiger partial charge in [-0.05, 0) is 37.2 Å². The average Bonchev–Trinajstić information content (AvgIpc) is 3.13. The highest BCUT2D eigenvalue weighted by Gasteiger charge is 2.18. The summed E-state index contributed by atoms with van der Waals surface area (Å²) in [7, 11) is 0. The molecular formula is C25H23ClN4O4. The van der Waals surface area contributed by atoms with Gasteiger partial charge < -0.3 is 10.2 Å². The first-order chi connectivity index (χ1) is 16.5. The van der Waals surface area contributed by atoms with Crippen LogP contribution in [0, 0.1) is 20.2 Å². The van der Waals surface area contributed by atoms with Gasteiger partial charge in [-0.15, -0.1) is 0 Å². The highest BCUT2D eigenvalue weighted by Crippen LogP contribution is 2.34. The van der Waals surface area contributed by atoms with E-state index in [1.54, 1.807) is 36.4 Å². The molecule has 0 aliphatic carbocycles. The van der Waals surface area contributed by atoms with Crippen LogP contribution in [-0.2, 0) is 0 Å². The second-order valence-corrected chi connectivity index (χ2v) is 8.27. The van der Waals surface area contributed by atoms with E-state index in [2.05, 4.69) is 10.2 Å². The number of hydrogen-bond donors (Lipinski definition) is 1. The number of rotatable bonds is 3. The summed E-state index contributed by atoms with van der Waals surface area (Å²) in [4.78, 5) is 23.4. The molecule has 174 valence electrons. The Balaban J connectivity index is 0.000000172. The first kappa shape index (κ1) is 23.4. The van der Waals surface area contributed by atoms with Crippen LogP contribution in [0.25, 0.3) is 21.5 Å². The van der Waals surface area contributed by atoms with E-state index in [1.165, 1.54) is 6.07 Å². The topological polar surface area (TPSA) is 102 Å². The standard InChI is InChI=1S/C15H17N3O2.C10H6ClNO2/c19-18(20)15-7-6-14(12-4-1-2-5-13(12)15)17-10-3-8-16-9-11-17;11-9-5-6-10(12(13)14)8-4-2-1-3-7(8)9/h1-2,4-7,16H,3,8-11H2;1-6H. The Hall–Kier alpha value is -3.75. The third-order valence-corrected chi connectivity index (χ3v) is 6.13. The van der Waals surface area contributed by atoms with Gasteiger partial charge in [0.2, 0.25) is 0 Å². The smallest absolute Gasteiger partial charge is 0.277 e. The molecule has 0 unspecified atom stereocenters. The lowest BCUT2D eigenvalue weighted by molar-refractivity contribution is -0.383. The number of benzene rings is 4. The molecule has 5 rings (SSSR count). The summed E-state index contributed by atoms with van der Waals surface area (Å²) in [6.07, 6.45) is 1.09. The van der Waals surface area contributed by atoms with Crippen molar-refractivity contribution in [1.82, 2.24) is 5.32 Å². The minimum atomic E-state index is -0.404. The van der Waals surface area contributed by atoms with E-state index in [-0.39, 0.29) is 16.3 Å². The molecule has 1 N–H and O–H groups in total. The third-order valence-electron chi connectivity index (χ3n) is 5.80. The fourth-order valence-electron chi connectivity index (χ4n) is 4.19. The zero-order chi connectivity index (χ0) is 24.1. The molecule has 1 fully saturated rings. The molecule has 0 atom stereocenters. The molecule has 4 aromatic rings. The van der Waals surface area contributed by atoms with Crippen molar-refractivity contribution in [3.63, 3.8) is 0 Å². The van der Waals surface area contributed by atoms with Gasteiger partial charge in [-0.1, -0.05) is 48.0 Å². The summed E-state index contributed by atoms with van der Waals surface area (Å²) in [6, 6.07) is 21.1. The third kappa shape index (κ3) is 4.93. The fourth-order valence-corrected chi connectivity index (χ4v) is 4.42. The number of fused-ring (bicyclic) bond motifs is 2. The van der Waals surface area contributed by atoms with Gasteiger partial charge in [0.1, 0.15) is 0 Å². The number of nitro groups is 2. The van der Waals surface area contributed by atoms with Crippen LogP contribution >= 0.6 is 11.6 Å². The molecule has 0 amide bonds. The maximum Gasteiger partial charge on any atom is 0.277 e. The molecule has 34 heavy (non-hydrogen) atoms. The van der Waals surface area contributed by atoms with Crippen LogP contribution in [0.3, 0.4) is 0 Å². The molecule has 0 bridgehead atoms. The molecule has 0 aromatic heterocycles. The molecule has 1 aliphatic rings. The van der Waals surface area contributed by atoms with Crippen LogP contribution in [-0.4, -0.2) is 36.0 Å². The Morgan fingerprint density at radius 3 is 1.91 bits per heavy atom. The quantitative estimate of drug-likeness (QED) is 0.288. The number of anilines is 1. The Bertz CT molecular complexity index is 1350. The molecule has 0 spiro atoms. The molecule has 4 aromatic carbocycles. The van der Waals surface area contributed by atoms with Gasteiger partial charge in [-0.2, -0.15) is 0 Å². The van der Waals surface area contributed by atoms with Crippen molar-refractivity contribution >= 4 is 50.2 Å². The van der Waals surface area contributed by atoms with E-state index in [0.717, 1.165) is 43.7 Å². The van der Waals surface area contributed by atoms with Gasteiger partial charge >= 0.3 is 0 Å². The second-order valence-electron chi connectivity index (χ2n) is 7.87. The van der Waals surface area contributed by atoms with Crippen LogP contribution in [0.2, 0.25) is 5.02 Å². The number of nitro benzene ring substituents is 2. The Morgan fingerprint density at radius 2 is 1.26 bits per heavy atom. The normalized spacial score (nSPS) is 13.7. The van der Waals surface area contributed by atoms with E-state index in [0.29, 0.717) is 21.2 Å². The van der Waals surface area contributed by atoms with Gasteiger partial charge in [-0.25, -0.2) is 0 Å². The van der Waals surface area contributed by atoms with E-state index in [4.69, 9.17) is 11.6 Å². The lowest BCUT2D eigenvalue weighted by atomic mass is 10.1. The first-order valence-electron chi connectivity index (χ1n) is 10.9. The second kappa shape index (κ2) is 10.5. The van der Waals surface area contributed by atoms with E-state index < -0.39 is 4.92 Å². The molecule has 9 heteroatoms. The van der Waals surface area contributed by atoms with Crippen molar-refractivity contribution in [2.75, 3.05) is 31.1 Å². The Labute approximate surface area is 201 Å². The van der Waals surface area contributed by atoms with Crippen LogP contribution in [0.15, 0.2) is 72.8 Å². The summed E-state index contributed by atoms with van der Waals surface area (Å²) < 4.78 is 0. The number of non-ortho nitro benzene ring substituents is 2. The summed E-state index contributed by atoms with van der Waals surface area (Å²) in [5.41, 5.74) is 1.36. The van der Waals surface area contributed by atoms with Crippen molar-refractivity contribution < 1.29 is 9.85 Å². The molecule has 1 aliphatic heterocycles. The Morgan fingerprint density at radius 1 is 0.706 bits per heavy atom. The largest absolute Gasteiger partial charge is 0.370 e. The lowest BCUT2D eigenvalue weighted by Gasteiger charge is -2.24. The van der Waals surface area contributed by atoms with Crippen molar-refractivity contribution in [3.8, 4) is 0 Å². The number of nitrogens with one attached hydrogen (secondary N) is 1. The number of nitrogens with zero attached hydrogens (tertiary/aromatic N) is 3. The van der Waals surface area contributed by atoms with Crippen molar-refractivity contribution in [1.29, 1.82) is 0 Å². The summed E-state index contributed by atoms with van der Waals surface area (Å²) in [5, 5.41) is 28.7. The predicted molar refractivity (Wildman–Crippen MR) is 136 cm³/mol. The molecular weight excluding hydrogens is 456 g/mol. The monoisotopic (exact) mass is 478 g/mol. The van der Waals surface area contributed by atoms with Crippen LogP contribution < -0.4 is 10.2 Å². The molecule has 8 nitrogen and oxygen atoms in total. The first-order valence-corrected chi connectivity index (χ1v) is 11.3. The van der Waals surface area contributed by atoms with Crippen molar-refractivity contribution in [3.05, 3.63) is 98.0 Å². The van der Waals surface area contributed by atoms with E-state index in [1.807, 2.05) is 30.3 Å². The summed E-state index contributed by atoms with van der Waals surface area (Å²) >= 11 is 5.91. The van der Waals surface area contributed by atoms with Gasteiger partial charge in [0.25, 0.3) is 11.4 Å². The van der Waals surface area contributed by atoms with Crippen LogP contribution in [0.5, 0.6) is 0 Å². The summed E-state index contributed by atoms with van der Waals surface area (Å²) in [5.74, 6) is 0. The minimum Gasteiger partial charge on any atom is -0.370 e.